The molecule has 1 aliphatic rings. The van der Waals surface area contributed by atoms with Gasteiger partial charge in [-0.05, 0) is 37.5 Å². The van der Waals surface area contributed by atoms with Crippen molar-refractivity contribution in [1.82, 2.24) is 14.8 Å². The summed E-state index contributed by atoms with van der Waals surface area (Å²) in [6.07, 6.45) is 10.4. The summed E-state index contributed by atoms with van der Waals surface area (Å²) in [5, 5.41) is 7.75. The van der Waals surface area contributed by atoms with Crippen LogP contribution in [-0.4, -0.2) is 33.5 Å². The van der Waals surface area contributed by atoms with E-state index in [1.807, 2.05) is 24.5 Å². The Balaban J connectivity index is 1.60. The molecular weight excluding hydrogens is 264 g/mol. The highest BCUT2D eigenvalue weighted by molar-refractivity contribution is 5.44. The molecule has 2 atom stereocenters. The van der Waals surface area contributed by atoms with Gasteiger partial charge in [-0.15, -0.1) is 0 Å². The smallest absolute Gasteiger partial charge is 0.153 e. The second-order valence-corrected chi connectivity index (χ2v) is 5.50. The van der Waals surface area contributed by atoms with Gasteiger partial charge in [0.1, 0.15) is 0 Å². The summed E-state index contributed by atoms with van der Waals surface area (Å²) in [7, 11) is 0. The maximum Gasteiger partial charge on any atom is 0.153 e. The molecule has 1 saturated heterocycles. The van der Waals surface area contributed by atoms with Crippen LogP contribution < -0.4 is 5.32 Å². The van der Waals surface area contributed by atoms with Crippen molar-refractivity contribution in [1.29, 1.82) is 0 Å². The van der Waals surface area contributed by atoms with Gasteiger partial charge in [0.2, 0.25) is 0 Å². The predicted molar refractivity (Wildman–Crippen MR) is 82.7 cm³/mol. The van der Waals surface area contributed by atoms with Crippen LogP contribution in [0.25, 0.3) is 5.82 Å². The third-order valence-corrected chi connectivity index (χ3v) is 3.84. The molecule has 0 aliphatic carbocycles. The Labute approximate surface area is 125 Å². The van der Waals surface area contributed by atoms with E-state index in [1.165, 1.54) is 6.42 Å². The third kappa shape index (κ3) is 3.61. The fraction of sp³-hybridized carbons (Fsp3) is 0.500. The lowest BCUT2D eigenvalue weighted by Crippen LogP contribution is -2.34. The molecule has 112 valence electrons. The number of aromatic nitrogens is 3. The number of hydrogen-bond donors (Lipinski definition) is 1. The zero-order valence-corrected chi connectivity index (χ0v) is 12.4. The van der Waals surface area contributed by atoms with Crippen LogP contribution in [0.2, 0.25) is 0 Å². The highest BCUT2D eigenvalue weighted by Gasteiger charge is 2.21. The summed E-state index contributed by atoms with van der Waals surface area (Å²) in [6.45, 7) is 3.06. The molecule has 5 nitrogen and oxygen atoms in total. The van der Waals surface area contributed by atoms with Gasteiger partial charge in [0.25, 0.3) is 0 Å². The Morgan fingerprint density at radius 1 is 1.43 bits per heavy atom. The summed E-state index contributed by atoms with van der Waals surface area (Å²) in [5.74, 6) is 0.835. The van der Waals surface area contributed by atoms with Gasteiger partial charge in [-0.1, -0.05) is 13.3 Å². The van der Waals surface area contributed by atoms with Crippen molar-refractivity contribution in [2.24, 2.45) is 0 Å². The summed E-state index contributed by atoms with van der Waals surface area (Å²) < 4.78 is 7.55. The number of ether oxygens (including phenoxy) is 1. The monoisotopic (exact) mass is 286 g/mol. The molecule has 1 fully saturated rings. The minimum absolute atomic E-state index is 0.401. The lowest BCUT2D eigenvalue weighted by molar-refractivity contribution is 0.00597. The molecule has 2 aromatic heterocycles. The maximum absolute atomic E-state index is 5.79. The van der Waals surface area contributed by atoms with Crippen LogP contribution in [-0.2, 0) is 4.74 Å². The summed E-state index contributed by atoms with van der Waals surface area (Å²) >= 11 is 0. The largest absolute Gasteiger partial charge is 0.381 e. The second-order valence-electron chi connectivity index (χ2n) is 5.50. The SMILES string of the molecule is CCCC1CC(Nc2ccc(-n3cccn3)nc2)CCO1. The van der Waals surface area contributed by atoms with E-state index >= 15 is 0 Å². The van der Waals surface area contributed by atoms with Crippen molar-refractivity contribution in [3.8, 4) is 5.82 Å². The van der Waals surface area contributed by atoms with Gasteiger partial charge < -0.3 is 10.1 Å². The number of hydrogen-bond acceptors (Lipinski definition) is 4. The van der Waals surface area contributed by atoms with Crippen molar-refractivity contribution >= 4 is 5.69 Å². The van der Waals surface area contributed by atoms with Crippen molar-refractivity contribution in [2.45, 2.75) is 44.8 Å². The molecule has 2 aromatic rings. The lowest BCUT2D eigenvalue weighted by Gasteiger charge is -2.30. The highest BCUT2D eigenvalue weighted by Crippen LogP contribution is 2.21. The van der Waals surface area contributed by atoms with Crippen molar-refractivity contribution in [3.05, 3.63) is 36.8 Å². The van der Waals surface area contributed by atoms with Crippen LogP contribution in [0.5, 0.6) is 0 Å². The van der Waals surface area contributed by atoms with E-state index in [0.29, 0.717) is 12.1 Å². The molecule has 2 unspecified atom stereocenters. The normalized spacial score (nSPS) is 22.1. The first-order valence-electron chi connectivity index (χ1n) is 7.69. The van der Waals surface area contributed by atoms with Gasteiger partial charge in [-0.2, -0.15) is 5.10 Å². The average molecular weight is 286 g/mol. The molecular formula is C16H22N4O. The zero-order valence-electron chi connectivity index (χ0n) is 12.4. The van der Waals surface area contributed by atoms with Gasteiger partial charge in [-0.3, -0.25) is 0 Å². The fourth-order valence-corrected chi connectivity index (χ4v) is 2.78. The number of nitrogens with one attached hydrogen (secondary N) is 1. The first-order valence-corrected chi connectivity index (χ1v) is 7.69. The molecule has 0 bridgehead atoms. The molecule has 3 heterocycles. The average Bonchev–Trinajstić information content (AvgIpc) is 3.03. The van der Waals surface area contributed by atoms with E-state index in [2.05, 4.69) is 28.4 Å². The van der Waals surface area contributed by atoms with Gasteiger partial charge in [-0.25, -0.2) is 9.67 Å². The second kappa shape index (κ2) is 6.72. The van der Waals surface area contributed by atoms with Crippen LogP contribution >= 0.6 is 0 Å². The van der Waals surface area contributed by atoms with E-state index in [1.54, 1.807) is 10.9 Å². The van der Waals surface area contributed by atoms with E-state index in [4.69, 9.17) is 4.74 Å². The fourth-order valence-electron chi connectivity index (χ4n) is 2.78. The van der Waals surface area contributed by atoms with Crippen LogP contribution in [0.15, 0.2) is 36.8 Å². The minimum Gasteiger partial charge on any atom is -0.381 e. The molecule has 0 radical (unpaired) electrons. The van der Waals surface area contributed by atoms with Gasteiger partial charge in [0.05, 0.1) is 18.0 Å². The molecule has 0 spiro atoms. The Bertz CT molecular complexity index is 536. The zero-order chi connectivity index (χ0) is 14.5. The number of nitrogens with zero attached hydrogens (tertiary/aromatic N) is 3. The maximum atomic E-state index is 5.79. The van der Waals surface area contributed by atoms with E-state index in [9.17, 15) is 0 Å². The van der Waals surface area contributed by atoms with Crippen LogP contribution in [0, 0.1) is 0 Å². The molecule has 1 aliphatic heterocycles. The van der Waals surface area contributed by atoms with Crippen molar-refractivity contribution in [3.63, 3.8) is 0 Å². The van der Waals surface area contributed by atoms with Crippen LogP contribution in [0.3, 0.4) is 0 Å². The molecule has 0 amide bonds. The Kier molecular flexibility index (Phi) is 4.50. The summed E-state index contributed by atoms with van der Waals surface area (Å²) in [5.41, 5.74) is 1.06. The van der Waals surface area contributed by atoms with Gasteiger partial charge >= 0.3 is 0 Å². The highest BCUT2D eigenvalue weighted by atomic mass is 16.5. The third-order valence-electron chi connectivity index (χ3n) is 3.84. The molecule has 1 N–H and O–H groups in total. The van der Waals surface area contributed by atoms with E-state index in [0.717, 1.165) is 37.4 Å². The summed E-state index contributed by atoms with van der Waals surface area (Å²) in [4.78, 5) is 4.45. The van der Waals surface area contributed by atoms with Gasteiger partial charge in [0, 0.05) is 25.0 Å². The summed E-state index contributed by atoms with van der Waals surface area (Å²) in [6, 6.07) is 6.42. The molecule has 5 heteroatoms. The van der Waals surface area contributed by atoms with Crippen molar-refractivity contribution in [2.75, 3.05) is 11.9 Å². The van der Waals surface area contributed by atoms with E-state index in [-0.39, 0.29) is 0 Å². The van der Waals surface area contributed by atoms with E-state index < -0.39 is 0 Å². The van der Waals surface area contributed by atoms with Crippen LogP contribution in [0.1, 0.15) is 32.6 Å². The standard InChI is InChI=1S/C16H22N4O/c1-2-4-15-11-13(7-10-21-15)19-14-5-6-16(17-12-14)20-9-3-8-18-20/h3,5-6,8-9,12-13,15,19H,2,4,7,10-11H2,1H3. The van der Waals surface area contributed by atoms with Crippen molar-refractivity contribution < 1.29 is 4.74 Å². The molecule has 0 saturated carbocycles. The molecule has 0 aromatic carbocycles. The minimum atomic E-state index is 0.401. The first-order chi connectivity index (χ1) is 10.3. The quantitative estimate of drug-likeness (QED) is 0.918. The predicted octanol–water partition coefficient (Wildman–Crippen LogP) is 3.03. The topological polar surface area (TPSA) is 52.0 Å². The Hall–Kier alpha value is -1.88. The number of rotatable bonds is 5. The lowest BCUT2D eigenvalue weighted by atomic mass is 10.00. The molecule has 21 heavy (non-hydrogen) atoms. The van der Waals surface area contributed by atoms with Crippen LogP contribution in [0.4, 0.5) is 5.69 Å². The first kappa shape index (κ1) is 14.1. The number of pyridine rings is 1. The Morgan fingerprint density at radius 2 is 2.38 bits per heavy atom. The van der Waals surface area contributed by atoms with Gasteiger partial charge in [0.15, 0.2) is 5.82 Å². The Morgan fingerprint density at radius 3 is 3.10 bits per heavy atom. The number of anilines is 1. The molecule has 3 rings (SSSR count).